The standard InChI is InChI=1S/C10H6ClFN2O/c11-7-3-6(10(15)4-8(7)12)9-5-13-1-2-14-9/h1-5,15H. The number of nitrogens with zero attached hydrogens (tertiary/aromatic N) is 2. The highest BCUT2D eigenvalue weighted by Gasteiger charge is 2.10. The first-order valence-corrected chi connectivity index (χ1v) is 4.50. The van der Waals surface area contributed by atoms with Gasteiger partial charge in [0.05, 0.1) is 16.9 Å². The number of aromatic nitrogens is 2. The maximum Gasteiger partial charge on any atom is 0.145 e. The predicted octanol–water partition coefficient (Wildman–Crippen LogP) is 2.64. The Morgan fingerprint density at radius 2 is 2.07 bits per heavy atom. The first kappa shape index (κ1) is 9.86. The van der Waals surface area contributed by atoms with Crippen molar-refractivity contribution in [3.63, 3.8) is 0 Å². The first-order chi connectivity index (χ1) is 7.18. The first-order valence-electron chi connectivity index (χ1n) is 4.13. The molecular formula is C10H6ClFN2O. The number of halogens is 2. The quantitative estimate of drug-likeness (QED) is 0.810. The zero-order chi connectivity index (χ0) is 10.8. The normalized spacial score (nSPS) is 10.3. The minimum atomic E-state index is -0.665. The molecule has 1 heterocycles. The van der Waals surface area contributed by atoms with Crippen LogP contribution >= 0.6 is 11.6 Å². The van der Waals surface area contributed by atoms with Crippen LogP contribution in [0, 0.1) is 5.82 Å². The zero-order valence-corrected chi connectivity index (χ0v) is 8.24. The average Bonchev–Trinajstić information content (AvgIpc) is 2.25. The summed E-state index contributed by atoms with van der Waals surface area (Å²) < 4.78 is 12.9. The van der Waals surface area contributed by atoms with E-state index in [1.807, 2.05) is 0 Å². The Hall–Kier alpha value is -1.68. The second kappa shape index (κ2) is 3.82. The van der Waals surface area contributed by atoms with Gasteiger partial charge < -0.3 is 5.11 Å². The van der Waals surface area contributed by atoms with Gasteiger partial charge in [0.1, 0.15) is 11.6 Å². The summed E-state index contributed by atoms with van der Waals surface area (Å²) in [6, 6.07) is 2.27. The van der Waals surface area contributed by atoms with E-state index in [0.29, 0.717) is 11.3 Å². The van der Waals surface area contributed by atoms with Crippen LogP contribution in [0.15, 0.2) is 30.7 Å². The summed E-state index contributed by atoms with van der Waals surface area (Å²) in [4.78, 5) is 7.82. The molecule has 76 valence electrons. The topological polar surface area (TPSA) is 46.0 Å². The second-order valence-corrected chi connectivity index (χ2v) is 3.28. The van der Waals surface area contributed by atoms with E-state index in [9.17, 15) is 9.50 Å². The molecule has 0 fully saturated rings. The lowest BCUT2D eigenvalue weighted by atomic mass is 10.1. The predicted molar refractivity (Wildman–Crippen MR) is 54.1 cm³/mol. The van der Waals surface area contributed by atoms with E-state index >= 15 is 0 Å². The van der Waals surface area contributed by atoms with E-state index in [1.54, 1.807) is 0 Å². The Morgan fingerprint density at radius 1 is 1.27 bits per heavy atom. The van der Waals surface area contributed by atoms with E-state index in [0.717, 1.165) is 6.07 Å². The summed E-state index contributed by atoms with van der Waals surface area (Å²) in [5.41, 5.74) is 0.798. The molecule has 15 heavy (non-hydrogen) atoms. The molecule has 2 aromatic rings. The van der Waals surface area contributed by atoms with Gasteiger partial charge in [-0.2, -0.15) is 0 Å². The lowest BCUT2D eigenvalue weighted by Gasteiger charge is -2.04. The summed E-state index contributed by atoms with van der Waals surface area (Å²) >= 11 is 5.60. The highest BCUT2D eigenvalue weighted by molar-refractivity contribution is 6.31. The van der Waals surface area contributed by atoms with Crippen LogP contribution in [-0.2, 0) is 0 Å². The maximum atomic E-state index is 12.9. The molecule has 0 atom stereocenters. The van der Waals surface area contributed by atoms with Crippen LogP contribution in [0.4, 0.5) is 4.39 Å². The molecule has 5 heteroatoms. The van der Waals surface area contributed by atoms with Gasteiger partial charge in [-0.3, -0.25) is 9.97 Å². The fourth-order valence-electron chi connectivity index (χ4n) is 1.18. The van der Waals surface area contributed by atoms with Gasteiger partial charge in [0.2, 0.25) is 0 Å². The third-order valence-electron chi connectivity index (χ3n) is 1.88. The molecule has 0 saturated heterocycles. The van der Waals surface area contributed by atoms with Gasteiger partial charge in [0.15, 0.2) is 0 Å². The van der Waals surface area contributed by atoms with Crippen molar-refractivity contribution in [3.05, 3.63) is 41.6 Å². The molecule has 0 unspecified atom stereocenters. The molecular weight excluding hydrogens is 219 g/mol. The zero-order valence-electron chi connectivity index (χ0n) is 7.48. The van der Waals surface area contributed by atoms with E-state index < -0.39 is 5.82 Å². The summed E-state index contributed by atoms with van der Waals surface area (Å²) in [6.45, 7) is 0. The van der Waals surface area contributed by atoms with E-state index in [-0.39, 0.29) is 10.8 Å². The molecule has 3 nitrogen and oxygen atoms in total. The molecule has 0 aliphatic rings. The van der Waals surface area contributed by atoms with Crippen molar-refractivity contribution >= 4 is 11.6 Å². The van der Waals surface area contributed by atoms with Crippen LogP contribution in [-0.4, -0.2) is 15.1 Å². The summed E-state index contributed by atoms with van der Waals surface area (Å²) in [7, 11) is 0. The summed E-state index contributed by atoms with van der Waals surface area (Å²) in [5.74, 6) is -0.876. The van der Waals surface area contributed by atoms with Crippen molar-refractivity contribution < 1.29 is 9.50 Å². The van der Waals surface area contributed by atoms with Gasteiger partial charge in [-0.15, -0.1) is 0 Å². The van der Waals surface area contributed by atoms with Gasteiger partial charge in [-0.1, -0.05) is 11.6 Å². The molecule has 0 aliphatic carbocycles. The molecule has 1 aromatic carbocycles. The van der Waals surface area contributed by atoms with E-state index in [1.165, 1.54) is 24.7 Å². The van der Waals surface area contributed by atoms with Gasteiger partial charge in [0, 0.05) is 24.0 Å². The van der Waals surface area contributed by atoms with Gasteiger partial charge in [-0.05, 0) is 6.07 Å². The van der Waals surface area contributed by atoms with Crippen LogP contribution in [0.5, 0.6) is 5.75 Å². The number of phenolic OH excluding ortho intramolecular Hbond substituents is 1. The summed E-state index contributed by atoms with van der Waals surface area (Å²) in [6.07, 6.45) is 4.45. The Kier molecular flexibility index (Phi) is 2.51. The largest absolute Gasteiger partial charge is 0.507 e. The molecule has 2 rings (SSSR count). The molecule has 0 aliphatic heterocycles. The van der Waals surface area contributed by atoms with Crippen molar-refractivity contribution in [1.29, 1.82) is 0 Å². The Bertz CT molecular complexity index is 490. The van der Waals surface area contributed by atoms with E-state index in [2.05, 4.69) is 9.97 Å². The monoisotopic (exact) mass is 224 g/mol. The fourth-order valence-corrected chi connectivity index (χ4v) is 1.34. The number of rotatable bonds is 1. The van der Waals surface area contributed by atoms with Gasteiger partial charge in [-0.25, -0.2) is 4.39 Å². The Labute approximate surface area is 90.2 Å². The number of benzene rings is 1. The highest BCUT2D eigenvalue weighted by Crippen LogP contribution is 2.31. The smallest absolute Gasteiger partial charge is 0.145 e. The SMILES string of the molecule is Oc1cc(F)c(Cl)cc1-c1cnccn1. The molecule has 0 saturated carbocycles. The van der Waals surface area contributed by atoms with Crippen molar-refractivity contribution in [2.24, 2.45) is 0 Å². The second-order valence-electron chi connectivity index (χ2n) is 2.87. The molecule has 0 bridgehead atoms. The molecule has 0 amide bonds. The van der Waals surface area contributed by atoms with Crippen LogP contribution in [0.3, 0.4) is 0 Å². The van der Waals surface area contributed by atoms with Crippen LogP contribution in [0.1, 0.15) is 0 Å². The summed E-state index contributed by atoms with van der Waals surface area (Å²) in [5, 5.41) is 9.44. The Balaban J connectivity index is 2.59. The lowest BCUT2D eigenvalue weighted by Crippen LogP contribution is -1.87. The third-order valence-corrected chi connectivity index (χ3v) is 2.17. The van der Waals surface area contributed by atoms with Gasteiger partial charge >= 0.3 is 0 Å². The van der Waals surface area contributed by atoms with Crippen LogP contribution in [0.25, 0.3) is 11.3 Å². The van der Waals surface area contributed by atoms with Crippen molar-refractivity contribution in [3.8, 4) is 17.0 Å². The molecule has 1 aromatic heterocycles. The van der Waals surface area contributed by atoms with Crippen molar-refractivity contribution in [2.75, 3.05) is 0 Å². The molecule has 1 N–H and O–H groups in total. The number of aromatic hydroxyl groups is 1. The molecule has 0 radical (unpaired) electrons. The van der Waals surface area contributed by atoms with Crippen molar-refractivity contribution in [1.82, 2.24) is 9.97 Å². The number of phenols is 1. The Morgan fingerprint density at radius 3 is 2.73 bits per heavy atom. The number of hydrogen-bond donors (Lipinski definition) is 1. The van der Waals surface area contributed by atoms with Crippen LogP contribution < -0.4 is 0 Å². The van der Waals surface area contributed by atoms with E-state index in [4.69, 9.17) is 11.6 Å². The minimum absolute atomic E-state index is 0.0616. The third kappa shape index (κ3) is 1.89. The average molecular weight is 225 g/mol. The minimum Gasteiger partial charge on any atom is -0.507 e. The number of hydrogen-bond acceptors (Lipinski definition) is 3. The molecule has 0 spiro atoms. The van der Waals surface area contributed by atoms with Crippen LogP contribution in [0.2, 0.25) is 5.02 Å². The fraction of sp³-hybridized carbons (Fsp3) is 0. The maximum absolute atomic E-state index is 12.9. The highest BCUT2D eigenvalue weighted by atomic mass is 35.5. The van der Waals surface area contributed by atoms with Gasteiger partial charge in [0.25, 0.3) is 0 Å². The van der Waals surface area contributed by atoms with Crippen molar-refractivity contribution in [2.45, 2.75) is 0 Å². The lowest BCUT2D eigenvalue weighted by molar-refractivity contribution is 0.471.